The number of carbonyl (C=O) groups excluding carboxylic acids is 1. The Morgan fingerprint density at radius 1 is 1.25 bits per heavy atom. The average molecular weight is 410 g/mol. The lowest BCUT2D eigenvalue weighted by atomic mass is 10.00. The quantitative estimate of drug-likeness (QED) is 0.637. The molecule has 2 rings (SSSR count). The summed E-state index contributed by atoms with van der Waals surface area (Å²) in [5.74, 6) is -0.269. The van der Waals surface area contributed by atoms with E-state index in [-0.39, 0.29) is 12.5 Å². The van der Waals surface area contributed by atoms with Crippen LogP contribution in [-0.2, 0) is 14.8 Å². The van der Waals surface area contributed by atoms with Gasteiger partial charge in [0, 0.05) is 19.1 Å². The monoisotopic (exact) mass is 409 g/mol. The lowest BCUT2D eigenvalue weighted by Gasteiger charge is -2.35. The van der Waals surface area contributed by atoms with Gasteiger partial charge in [0.2, 0.25) is 15.9 Å². The number of sulfonamides is 1. The summed E-state index contributed by atoms with van der Waals surface area (Å²) in [6.45, 7) is 8.63. The van der Waals surface area contributed by atoms with E-state index in [1.165, 1.54) is 30.0 Å². The van der Waals surface area contributed by atoms with Crippen molar-refractivity contribution in [2.75, 3.05) is 36.7 Å². The Morgan fingerprint density at radius 3 is 2.64 bits per heavy atom. The maximum atomic E-state index is 12.4. The number of likely N-dealkylation sites (tertiary alicyclic amines) is 1. The summed E-state index contributed by atoms with van der Waals surface area (Å²) in [6, 6.07) is 6.10. The van der Waals surface area contributed by atoms with Gasteiger partial charge in [0.1, 0.15) is 6.54 Å². The van der Waals surface area contributed by atoms with Crippen molar-refractivity contribution < 1.29 is 13.2 Å². The molecule has 0 radical (unpaired) electrons. The number of hydrogen-bond acceptors (Lipinski definition) is 4. The van der Waals surface area contributed by atoms with Crippen LogP contribution in [-0.4, -0.2) is 57.7 Å². The van der Waals surface area contributed by atoms with Crippen LogP contribution in [0.4, 0.5) is 5.69 Å². The maximum absolute atomic E-state index is 12.4. The molecule has 0 bridgehead atoms. The first kappa shape index (κ1) is 22.7. The van der Waals surface area contributed by atoms with E-state index in [1.807, 2.05) is 26.0 Å². The van der Waals surface area contributed by atoms with E-state index in [0.29, 0.717) is 18.3 Å². The molecule has 0 saturated carbocycles. The summed E-state index contributed by atoms with van der Waals surface area (Å²) in [4.78, 5) is 14.9. The van der Waals surface area contributed by atoms with E-state index in [0.717, 1.165) is 36.9 Å². The fraction of sp³-hybridized carbons (Fsp3) is 0.667. The third kappa shape index (κ3) is 6.48. The molecule has 6 nitrogen and oxygen atoms in total. The lowest BCUT2D eigenvalue weighted by Crippen LogP contribution is -2.42. The van der Waals surface area contributed by atoms with E-state index >= 15 is 0 Å². The summed E-state index contributed by atoms with van der Waals surface area (Å²) in [6.07, 6.45) is 7.02. The molecule has 1 aromatic rings. The molecule has 1 atom stereocenters. The molecule has 1 fully saturated rings. The first-order chi connectivity index (χ1) is 13.2. The molecule has 158 valence electrons. The minimum absolute atomic E-state index is 0.192. The first-order valence-corrected chi connectivity index (χ1v) is 12.1. The second kappa shape index (κ2) is 10.3. The zero-order chi connectivity index (χ0) is 20.7. The Morgan fingerprint density at radius 2 is 2.00 bits per heavy atom. The largest absolute Gasteiger partial charge is 0.354 e. The third-order valence-corrected chi connectivity index (χ3v) is 6.77. The molecule has 1 N–H and O–H groups in total. The highest BCUT2D eigenvalue weighted by Gasteiger charge is 2.22. The zero-order valence-corrected chi connectivity index (χ0v) is 18.5. The van der Waals surface area contributed by atoms with E-state index in [9.17, 15) is 13.2 Å². The van der Waals surface area contributed by atoms with Gasteiger partial charge < -0.3 is 10.2 Å². The van der Waals surface area contributed by atoms with E-state index in [2.05, 4.69) is 17.1 Å². The van der Waals surface area contributed by atoms with Crippen molar-refractivity contribution in [2.45, 2.75) is 58.9 Å². The fourth-order valence-electron chi connectivity index (χ4n) is 3.79. The topological polar surface area (TPSA) is 69.7 Å². The first-order valence-electron chi connectivity index (χ1n) is 10.3. The summed E-state index contributed by atoms with van der Waals surface area (Å²) in [7, 11) is -3.54. The number of hydrogen-bond donors (Lipinski definition) is 1. The Balaban J connectivity index is 1.87. The fourth-order valence-corrected chi connectivity index (χ4v) is 4.64. The Kier molecular flexibility index (Phi) is 8.31. The predicted molar refractivity (Wildman–Crippen MR) is 115 cm³/mol. The molecule has 1 amide bonds. The summed E-state index contributed by atoms with van der Waals surface area (Å²) in [5.41, 5.74) is 2.61. The van der Waals surface area contributed by atoms with Crippen LogP contribution in [0, 0.1) is 13.8 Å². The van der Waals surface area contributed by atoms with Gasteiger partial charge in [0.15, 0.2) is 0 Å². The maximum Gasteiger partial charge on any atom is 0.240 e. The van der Waals surface area contributed by atoms with E-state index < -0.39 is 10.0 Å². The van der Waals surface area contributed by atoms with Crippen LogP contribution in [0.2, 0.25) is 0 Å². The summed E-state index contributed by atoms with van der Waals surface area (Å²) < 4.78 is 25.6. The van der Waals surface area contributed by atoms with Gasteiger partial charge in [-0.1, -0.05) is 19.4 Å². The Labute approximate surface area is 170 Å². The molecule has 0 aliphatic carbocycles. The number of nitrogens with zero attached hydrogens (tertiary/aromatic N) is 2. The smallest absolute Gasteiger partial charge is 0.240 e. The van der Waals surface area contributed by atoms with Gasteiger partial charge in [-0.3, -0.25) is 9.10 Å². The van der Waals surface area contributed by atoms with Crippen molar-refractivity contribution in [3.05, 3.63) is 29.3 Å². The molecule has 1 aromatic carbocycles. The van der Waals surface area contributed by atoms with Crippen LogP contribution in [0.5, 0.6) is 0 Å². The summed E-state index contributed by atoms with van der Waals surface area (Å²) >= 11 is 0. The van der Waals surface area contributed by atoms with Crippen molar-refractivity contribution in [3.63, 3.8) is 0 Å². The van der Waals surface area contributed by atoms with Crippen molar-refractivity contribution in [2.24, 2.45) is 0 Å². The van der Waals surface area contributed by atoms with Gasteiger partial charge in [-0.2, -0.15) is 0 Å². The van der Waals surface area contributed by atoms with Crippen LogP contribution in [0.15, 0.2) is 18.2 Å². The van der Waals surface area contributed by atoms with Crippen molar-refractivity contribution in [1.82, 2.24) is 10.2 Å². The molecule has 1 aliphatic rings. The Bertz CT molecular complexity index is 764. The minimum atomic E-state index is -3.54. The number of aryl methyl sites for hydroxylation is 2. The number of piperidine rings is 1. The van der Waals surface area contributed by atoms with E-state index in [4.69, 9.17) is 0 Å². The van der Waals surface area contributed by atoms with Crippen molar-refractivity contribution >= 4 is 21.6 Å². The number of rotatable bonds is 9. The van der Waals surface area contributed by atoms with Crippen LogP contribution >= 0.6 is 0 Å². The molecule has 1 heterocycles. The lowest BCUT2D eigenvalue weighted by molar-refractivity contribution is -0.119. The van der Waals surface area contributed by atoms with E-state index in [1.54, 1.807) is 6.07 Å². The van der Waals surface area contributed by atoms with Gasteiger partial charge in [-0.25, -0.2) is 8.42 Å². The van der Waals surface area contributed by atoms with Crippen LogP contribution in [0.25, 0.3) is 0 Å². The van der Waals surface area contributed by atoms with Gasteiger partial charge in [-0.05, 0) is 69.3 Å². The highest BCUT2D eigenvalue weighted by atomic mass is 32.2. The van der Waals surface area contributed by atoms with Crippen molar-refractivity contribution in [3.8, 4) is 0 Å². The number of benzene rings is 1. The molecule has 7 heteroatoms. The molecule has 1 aliphatic heterocycles. The molecule has 0 aromatic heterocycles. The molecule has 1 unspecified atom stereocenters. The van der Waals surface area contributed by atoms with Crippen LogP contribution in [0.3, 0.4) is 0 Å². The molecule has 0 spiro atoms. The Hall–Kier alpha value is -1.60. The van der Waals surface area contributed by atoms with Crippen LogP contribution < -0.4 is 9.62 Å². The molecule has 1 saturated heterocycles. The van der Waals surface area contributed by atoms with Gasteiger partial charge in [0.25, 0.3) is 0 Å². The third-order valence-electron chi connectivity index (χ3n) is 5.63. The highest BCUT2D eigenvalue weighted by Crippen LogP contribution is 2.21. The number of anilines is 1. The van der Waals surface area contributed by atoms with Gasteiger partial charge >= 0.3 is 0 Å². The normalized spacial score (nSPS) is 18.1. The average Bonchev–Trinajstić information content (AvgIpc) is 2.65. The predicted octanol–water partition coefficient (Wildman–Crippen LogP) is 2.84. The number of amides is 1. The molecular weight excluding hydrogens is 374 g/mol. The zero-order valence-electron chi connectivity index (χ0n) is 17.7. The van der Waals surface area contributed by atoms with Gasteiger partial charge in [-0.15, -0.1) is 0 Å². The summed E-state index contributed by atoms with van der Waals surface area (Å²) in [5, 5.41) is 2.88. The SMILES string of the molecule is CCC1CCCCN1CCCNC(=O)CN(c1ccc(C)c(C)c1)S(C)(=O)=O. The number of carbonyl (C=O) groups is 1. The minimum Gasteiger partial charge on any atom is -0.354 e. The van der Waals surface area contributed by atoms with Crippen LogP contribution in [0.1, 0.15) is 50.2 Å². The van der Waals surface area contributed by atoms with Gasteiger partial charge in [0.05, 0.1) is 11.9 Å². The second-order valence-corrected chi connectivity index (χ2v) is 9.74. The highest BCUT2D eigenvalue weighted by molar-refractivity contribution is 7.92. The molecule has 28 heavy (non-hydrogen) atoms. The second-order valence-electron chi connectivity index (χ2n) is 7.84. The standard InChI is InChI=1S/C21H35N3O3S/c1-5-19-9-6-7-13-23(19)14-8-12-22-21(25)16-24(28(4,26)27)20-11-10-17(2)18(3)15-20/h10-11,15,19H,5-9,12-14,16H2,1-4H3,(H,22,25). The van der Waals surface area contributed by atoms with Crippen molar-refractivity contribution in [1.29, 1.82) is 0 Å². The number of nitrogens with one attached hydrogen (secondary N) is 1. The molecular formula is C21H35N3O3S.